The Labute approximate surface area is 556 Å². The fourth-order valence-corrected chi connectivity index (χ4v) is 12.5. The van der Waals surface area contributed by atoms with E-state index in [0.717, 1.165) is 96.3 Å². The Kier molecular flexibility index (Phi) is 62.7. The topological polar surface area (TPSA) is 237 Å². The van der Waals surface area contributed by atoms with Gasteiger partial charge in [0.2, 0.25) is 0 Å². The summed E-state index contributed by atoms with van der Waals surface area (Å²) in [5.41, 5.74) is 0. The van der Waals surface area contributed by atoms with E-state index in [2.05, 4.69) is 41.5 Å². The molecule has 17 nitrogen and oxygen atoms in total. The van der Waals surface area contributed by atoms with Gasteiger partial charge in [-0.1, -0.05) is 318 Å². The molecule has 0 saturated heterocycles. The zero-order valence-electron chi connectivity index (χ0n) is 59.1. The molecule has 19 heteroatoms. The molecule has 0 spiro atoms. The lowest BCUT2D eigenvalue weighted by atomic mass is 10.0. The lowest BCUT2D eigenvalue weighted by Gasteiger charge is -2.21. The van der Waals surface area contributed by atoms with Gasteiger partial charge in [0.1, 0.15) is 19.3 Å². The normalized spacial score (nSPS) is 14.1. The van der Waals surface area contributed by atoms with Gasteiger partial charge < -0.3 is 33.8 Å². The van der Waals surface area contributed by atoms with Gasteiger partial charge in [-0.25, -0.2) is 9.13 Å². The van der Waals surface area contributed by atoms with Crippen LogP contribution in [-0.4, -0.2) is 96.7 Å². The lowest BCUT2D eigenvalue weighted by Crippen LogP contribution is -2.30. The van der Waals surface area contributed by atoms with Crippen LogP contribution >= 0.6 is 15.6 Å². The average Bonchev–Trinajstić information content (AvgIpc) is 3.55. The van der Waals surface area contributed by atoms with E-state index >= 15 is 0 Å². The maximum Gasteiger partial charge on any atom is 0.472 e. The first-order chi connectivity index (χ1) is 43.9. The molecule has 0 radical (unpaired) electrons. The van der Waals surface area contributed by atoms with Gasteiger partial charge >= 0.3 is 39.5 Å². The molecule has 0 bridgehead atoms. The minimum atomic E-state index is -4.95. The van der Waals surface area contributed by atoms with Gasteiger partial charge in [0.15, 0.2) is 12.2 Å². The molecule has 0 aromatic heterocycles. The van der Waals surface area contributed by atoms with Crippen LogP contribution in [0.4, 0.5) is 0 Å². The van der Waals surface area contributed by atoms with E-state index in [1.165, 1.54) is 180 Å². The Hall–Kier alpha value is -1.94. The van der Waals surface area contributed by atoms with Crippen LogP contribution in [0.1, 0.15) is 369 Å². The van der Waals surface area contributed by atoms with Crippen LogP contribution in [0.3, 0.4) is 0 Å². The summed E-state index contributed by atoms with van der Waals surface area (Å²) in [6.07, 6.45) is 50.3. The molecule has 0 fully saturated rings. The standard InChI is InChI=1S/C72H140O17P2/c1-7-9-11-13-15-17-19-21-22-23-24-25-26-28-30-32-36-44-50-56-71(76)88-67(60-82-69(74)54-48-42-35-31-29-27-20-18-16-14-12-10-8-2)62-86-90(78,79)84-58-66(73)59-85-91(80,81)87-63-68(61-83-70(75)55-49-43-39-38-41-47-53-65(5)6)89-72(77)57-51-45-37-33-34-40-46-52-64(3)4/h64-68,73H,7-63H2,1-6H3,(H,78,79)(H,80,81)/t66-,67-,68-/m1/s1. The van der Waals surface area contributed by atoms with Crippen molar-refractivity contribution in [2.45, 2.75) is 387 Å². The highest BCUT2D eigenvalue weighted by molar-refractivity contribution is 7.47. The van der Waals surface area contributed by atoms with Gasteiger partial charge in [0, 0.05) is 25.7 Å². The predicted octanol–water partition coefficient (Wildman–Crippen LogP) is 20.8. The molecule has 5 atom stereocenters. The van der Waals surface area contributed by atoms with Gasteiger partial charge in [-0.2, -0.15) is 0 Å². The maximum absolute atomic E-state index is 13.0. The van der Waals surface area contributed by atoms with Crippen molar-refractivity contribution in [3.05, 3.63) is 0 Å². The van der Waals surface area contributed by atoms with Crippen LogP contribution in [0.2, 0.25) is 0 Å². The van der Waals surface area contributed by atoms with E-state index in [9.17, 15) is 43.2 Å². The van der Waals surface area contributed by atoms with Crippen molar-refractivity contribution >= 4 is 39.5 Å². The summed E-state index contributed by atoms with van der Waals surface area (Å²) in [4.78, 5) is 72.5. The van der Waals surface area contributed by atoms with Gasteiger partial charge in [-0.3, -0.25) is 37.3 Å². The number of hydrogen-bond donors (Lipinski definition) is 3. The summed E-state index contributed by atoms with van der Waals surface area (Å²) < 4.78 is 68.3. The van der Waals surface area contributed by atoms with Crippen molar-refractivity contribution < 1.29 is 80.2 Å². The second kappa shape index (κ2) is 64.1. The molecule has 3 N–H and O–H groups in total. The molecule has 91 heavy (non-hydrogen) atoms. The number of carbonyl (C=O) groups excluding carboxylic acids is 4. The fourth-order valence-electron chi connectivity index (χ4n) is 10.9. The number of rotatable bonds is 71. The quantitative estimate of drug-likeness (QED) is 0.0222. The second-order valence-electron chi connectivity index (χ2n) is 26.9. The molecule has 0 amide bonds. The molecule has 0 aromatic carbocycles. The third kappa shape index (κ3) is 66.5. The first-order valence-electron chi connectivity index (χ1n) is 37.5. The molecule has 0 heterocycles. The van der Waals surface area contributed by atoms with Crippen LogP contribution < -0.4 is 0 Å². The van der Waals surface area contributed by atoms with Crippen molar-refractivity contribution in [1.29, 1.82) is 0 Å². The number of hydrogen-bond acceptors (Lipinski definition) is 15. The van der Waals surface area contributed by atoms with Gasteiger partial charge in [-0.05, 0) is 37.5 Å². The third-order valence-corrected chi connectivity index (χ3v) is 18.6. The SMILES string of the molecule is CCCCCCCCCCCCCCCCCCCCCC(=O)O[C@H](COC(=O)CCCCCCCCCCCCCCC)COP(=O)(O)OC[C@@H](O)COP(=O)(O)OC[C@@H](COC(=O)CCCCCCCCC(C)C)OC(=O)CCCCCCCCCC(C)C. The van der Waals surface area contributed by atoms with Crippen LogP contribution in [0.5, 0.6) is 0 Å². The highest BCUT2D eigenvalue weighted by atomic mass is 31.2. The molecule has 0 saturated carbocycles. The first-order valence-corrected chi connectivity index (χ1v) is 40.5. The van der Waals surface area contributed by atoms with Gasteiger partial charge in [-0.15, -0.1) is 0 Å². The summed E-state index contributed by atoms with van der Waals surface area (Å²) in [6, 6.07) is 0. The molecule has 0 aliphatic rings. The van der Waals surface area contributed by atoms with Crippen molar-refractivity contribution in [2.24, 2.45) is 11.8 Å². The number of unbranched alkanes of at least 4 members (excludes halogenated alkanes) is 41. The third-order valence-electron chi connectivity index (χ3n) is 16.7. The molecule has 0 aliphatic carbocycles. The largest absolute Gasteiger partial charge is 0.472 e. The minimum Gasteiger partial charge on any atom is -0.462 e. The Bertz CT molecular complexity index is 1770. The van der Waals surface area contributed by atoms with Gasteiger partial charge in [0.05, 0.1) is 26.4 Å². The Balaban J connectivity index is 5.20. The smallest absolute Gasteiger partial charge is 0.462 e. The number of esters is 4. The maximum atomic E-state index is 13.0. The monoisotopic (exact) mass is 1340 g/mol. The van der Waals surface area contributed by atoms with Crippen molar-refractivity contribution in [1.82, 2.24) is 0 Å². The fraction of sp³-hybridized carbons (Fsp3) is 0.944. The van der Waals surface area contributed by atoms with E-state index in [1.807, 2.05) is 0 Å². The predicted molar refractivity (Wildman–Crippen MR) is 368 cm³/mol. The number of carbonyl (C=O) groups is 4. The summed E-state index contributed by atoms with van der Waals surface area (Å²) in [6.45, 7) is 9.41. The molecule has 0 aromatic rings. The summed E-state index contributed by atoms with van der Waals surface area (Å²) >= 11 is 0. The highest BCUT2D eigenvalue weighted by Gasteiger charge is 2.30. The van der Waals surface area contributed by atoms with Crippen LogP contribution in [0.15, 0.2) is 0 Å². The van der Waals surface area contributed by atoms with Crippen molar-refractivity contribution in [3.63, 3.8) is 0 Å². The zero-order valence-corrected chi connectivity index (χ0v) is 60.9. The number of phosphoric acid groups is 2. The van der Waals surface area contributed by atoms with E-state index in [-0.39, 0.29) is 25.7 Å². The number of phosphoric ester groups is 2. The van der Waals surface area contributed by atoms with Crippen LogP contribution in [0.25, 0.3) is 0 Å². The van der Waals surface area contributed by atoms with Gasteiger partial charge in [0.25, 0.3) is 0 Å². The minimum absolute atomic E-state index is 0.103. The summed E-state index contributed by atoms with van der Waals surface area (Å²) in [5.74, 6) is -0.750. The lowest BCUT2D eigenvalue weighted by molar-refractivity contribution is -0.161. The van der Waals surface area contributed by atoms with E-state index in [4.69, 9.17) is 37.0 Å². The molecule has 0 aliphatic heterocycles. The number of aliphatic hydroxyl groups is 1. The summed E-state index contributed by atoms with van der Waals surface area (Å²) in [7, 11) is -9.90. The van der Waals surface area contributed by atoms with Crippen molar-refractivity contribution in [3.8, 4) is 0 Å². The average molecular weight is 1340 g/mol. The highest BCUT2D eigenvalue weighted by Crippen LogP contribution is 2.45. The van der Waals surface area contributed by atoms with E-state index in [1.54, 1.807) is 0 Å². The second-order valence-corrected chi connectivity index (χ2v) is 29.8. The van der Waals surface area contributed by atoms with Crippen LogP contribution in [-0.2, 0) is 65.4 Å². The first kappa shape index (κ1) is 89.1. The molecule has 2 unspecified atom stereocenters. The van der Waals surface area contributed by atoms with E-state index < -0.39 is 97.5 Å². The molecule has 540 valence electrons. The molecule has 0 rings (SSSR count). The Morgan fingerprint density at radius 3 is 0.747 bits per heavy atom. The number of ether oxygens (including phenoxy) is 4. The molecular formula is C72H140O17P2. The Morgan fingerprint density at radius 2 is 0.505 bits per heavy atom. The number of aliphatic hydroxyl groups excluding tert-OH is 1. The van der Waals surface area contributed by atoms with E-state index in [0.29, 0.717) is 37.5 Å². The molecular weight excluding hydrogens is 1200 g/mol. The Morgan fingerprint density at radius 1 is 0.297 bits per heavy atom. The zero-order chi connectivity index (χ0) is 67.2. The summed E-state index contributed by atoms with van der Waals surface area (Å²) in [5, 5.41) is 10.6. The van der Waals surface area contributed by atoms with Crippen LogP contribution in [0, 0.1) is 11.8 Å². The van der Waals surface area contributed by atoms with Crippen molar-refractivity contribution in [2.75, 3.05) is 39.6 Å².